The van der Waals surface area contributed by atoms with Crippen LogP contribution in [-0.2, 0) is 9.59 Å². The maximum Gasteiger partial charge on any atom is 0.303 e. The number of carboxylic acid groups (broad SMARTS) is 1. The zero-order valence-corrected chi connectivity index (χ0v) is 12.1. The molecule has 1 aliphatic carbocycles. The molecule has 0 aliphatic heterocycles. The topological polar surface area (TPSA) is 57.6 Å². The Kier molecular flexibility index (Phi) is 4.65. The fourth-order valence-electron chi connectivity index (χ4n) is 2.45. The minimum absolute atomic E-state index is 0.00951. The Morgan fingerprint density at radius 2 is 2.10 bits per heavy atom. The lowest BCUT2D eigenvalue weighted by Gasteiger charge is -2.16. The highest BCUT2D eigenvalue weighted by Crippen LogP contribution is 2.50. The van der Waals surface area contributed by atoms with Crippen LogP contribution in [0.1, 0.15) is 30.7 Å². The van der Waals surface area contributed by atoms with E-state index in [9.17, 15) is 9.59 Å². The summed E-state index contributed by atoms with van der Waals surface area (Å²) in [4.78, 5) is 24.3. The predicted octanol–water partition coefficient (Wildman–Crippen LogP) is 2.77. The van der Waals surface area contributed by atoms with E-state index in [1.807, 2.05) is 24.3 Å². The molecule has 2 atom stereocenters. The molecule has 1 saturated carbocycles. The molecule has 0 bridgehead atoms. The standard InChI is InChI=1S/C15H18ClNO3/c1-17(8-4-7-14(18)19)15(20)12-9-11(12)10-5-2-3-6-13(10)16/h2-3,5-6,11-12H,4,7-9H2,1H3,(H,18,19)/t11-,12+/m1/s1. The third-order valence-electron chi connectivity index (χ3n) is 3.67. The van der Waals surface area contributed by atoms with Gasteiger partial charge in [-0.15, -0.1) is 0 Å². The maximum absolute atomic E-state index is 12.2. The minimum Gasteiger partial charge on any atom is -0.481 e. The number of hydrogen-bond donors (Lipinski definition) is 1. The molecule has 0 radical (unpaired) electrons. The first kappa shape index (κ1) is 14.9. The van der Waals surface area contributed by atoms with Crippen LogP contribution in [0.3, 0.4) is 0 Å². The van der Waals surface area contributed by atoms with Gasteiger partial charge in [0.2, 0.25) is 5.91 Å². The molecule has 0 unspecified atom stereocenters. The van der Waals surface area contributed by atoms with E-state index in [1.54, 1.807) is 11.9 Å². The summed E-state index contributed by atoms with van der Waals surface area (Å²) in [5.41, 5.74) is 1.03. The SMILES string of the molecule is CN(CCCC(=O)O)C(=O)[C@H]1C[C@@H]1c1ccccc1Cl. The first-order valence-corrected chi connectivity index (χ1v) is 7.09. The number of nitrogens with zero attached hydrogens (tertiary/aromatic N) is 1. The number of hydrogen-bond acceptors (Lipinski definition) is 2. The summed E-state index contributed by atoms with van der Waals surface area (Å²) >= 11 is 6.14. The van der Waals surface area contributed by atoms with Crippen LogP contribution in [0, 0.1) is 5.92 Å². The summed E-state index contributed by atoms with van der Waals surface area (Å²) in [6.07, 6.45) is 1.41. The van der Waals surface area contributed by atoms with Crippen LogP contribution in [0.15, 0.2) is 24.3 Å². The zero-order chi connectivity index (χ0) is 14.7. The van der Waals surface area contributed by atoms with Crippen LogP contribution in [0.4, 0.5) is 0 Å². The van der Waals surface area contributed by atoms with Crippen LogP contribution < -0.4 is 0 Å². The molecule has 1 amide bonds. The van der Waals surface area contributed by atoms with Crippen molar-refractivity contribution >= 4 is 23.5 Å². The van der Waals surface area contributed by atoms with E-state index in [1.165, 1.54) is 0 Å². The van der Waals surface area contributed by atoms with Gasteiger partial charge < -0.3 is 10.0 Å². The highest BCUT2D eigenvalue weighted by atomic mass is 35.5. The number of benzene rings is 1. The van der Waals surface area contributed by atoms with Crippen molar-refractivity contribution in [1.82, 2.24) is 4.90 Å². The Morgan fingerprint density at radius 3 is 2.75 bits per heavy atom. The third kappa shape index (κ3) is 3.51. The number of rotatable bonds is 6. The van der Waals surface area contributed by atoms with Gasteiger partial charge in [0.05, 0.1) is 0 Å². The molecule has 5 heteroatoms. The second-order valence-corrected chi connectivity index (χ2v) is 5.63. The number of carbonyl (C=O) groups is 2. The zero-order valence-electron chi connectivity index (χ0n) is 11.4. The van der Waals surface area contributed by atoms with E-state index in [0.717, 1.165) is 12.0 Å². The average molecular weight is 296 g/mol. The first-order chi connectivity index (χ1) is 9.50. The van der Waals surface area contributed by atoms with E-state index in [0.29, 0.717) is 18.0 Å². The van der Waals surface area contributed by atoms with Gasteiger partial charge in [0, 0.05) is 31.0 Å². The van der Waals surface area contributed by atoms with Gasteiger partial charge in [-0.3, -0.25) is 9.59 Å². The number of amides is 1. The van der Waals surface area contributed by atoms with E-state index in [2.05, 4.69) is 0 Å². The van der Waals surface area contributed by atoms with E-state index >= 15 is 0 Å². The molecule has 1 aliphatic rings. The highest BCUT2D eigenvalue weighted by molar-refractivity contribution is 6.31. The normalized spacial score (nSPS) is 20.5. The van der Waals surface area contributed by atoms with Gasteiger partial charge in [0.25, 0.3) is 0 Å². The Hall–Kier alpha value is -1.55. The molecule has 1 fully saturated rings. The molecule has 108 valence electrons. The first-order valence-electron chi connectivity index (χ1n) is 6.72. The lowest BCUT2D eigenvalue weighted by Crippen LogP contribution is -2.29. The van der Waals surface area contributed by atoms with Crippen LogP contribution in [-0.4, -0.2) is 35.5 Å². The van der Waals surface area contributed by atoms with Crippen molar-refractivity contribution in [3.05, 3.63) is 34.9 Å². The van der Waals surface area contributed by atoms with Gasteiger partial charge in [-0.2, -0.15) is 0 Å². The number of aliphatic carboxylic acids is 1. The lowest BCUT2D eigenvalue weighted by molar-refractivity contribution is -0.138. The van der Waals surface area contributed by atoms with Gasteiger partial charge in [-0.1, -0.05) is 29.8 Å². The molecule has 20 heavy (non-hydrogen) atoms. The average Bonchev–Trinajstić information content (AvgIpc) is 3.18. The molecule has 0 saturated heterocycles. The van der Waals surface area contributed by atoms with Crippen molar-refractivity contribution in [1.29, 1.82) is 0 Å². The summed E-state index contributed by atoms with van der Waals surface area (Å²) in [6.45, 7) is 0.483. The van der Waals surface area contributed by atoms with Crippen LogP contribution in [0.25, 0.3) is 0 Å². The van der Waals surface area contributed by atoms with Gasteiger partial charge >= 0.3 is 5.97 Å². The fourth-order valence-corrected chi connectivity index (χ4v) is 2.72. The summed E-state index contributed by atoms with van der Waals surface area (Å²) in [6, 6.07) is 7.61. The number of carboxylic acids is 1. The molecule has 0 heterocycles. The molecular formula is C15H18ClNO3. The van der Waals surface area contributed by atoms with E-state index < -0.39 is 5.97 Å². The minimum atomic E-state index is -0.828. The molecule has 2 rings (SSSR count). The van der Waals surface area contributed by atoms with Crippen molar-refractivity contribution in [3.8, 4) is 0 Å². The smallest absolute Gasteiger partial charge is 0.303 e. The number of halogens is 1. The Morgan fingerprint density at radius 1 is 1.40 bits per heavy atom. The predicted molar refractivity (Wildman–Crippen MR) is 76.8 cm³/mol. The van der Waals surface area contributed by atoms with Crippen molar-refractivity contribution < 1.29 is 14.7 Å². The van der Waals surface area contributed by atoms with Gasteiger partial charge in [0.15, 0.2) is 0 Å². The second-order valence-electron chi connectivity index (χ2n) is 5.23. The largest absolute Gasteiger partial charge is 0.481 e. The van der Waals surface area contributed by atoms with Crippen LogP contribution in [0.5, 0.6) is 0 Å². The fraction of sp³-hybridized carbons (Fsp3) is 0.467. The highest BCUT2D eigenvalue weighted by Gasteiger charge is 2.45. The molecule has 1 aromatic rings. The maximum atomic E-state index is 12.2. The van der Waals surface area contributed by atoms with E-state index in [4.69, 9.17) is 16.7 Å². The molecule has 1 aromatic carbocycles. The van der Waals surface area contributed by atoms with Crippen LogP contribution >= 0.6 is 11.6 Å². The Balaban J connectivity index is 1.86. The van der Waals surface area contributed by atoms with Gasteiger partial charge in [-0.05, 0) is 30.4 Å². The Bertz CT molecular complexity index is 518. The third-order valence-corrected chi connectivity index (χ3v) is 4.02. The van der Waals surface area contributed by atoms with Crippen LogP contribution in [0.2, 0.25) is 5.02 Å². The molecule has 0 spiro atoms. The Labute approximate surface area is 123 Å². The number of carbonyl (C=O) groups excluding carboxylic acids is 1. The quantitative estimate of drug-likeness (QED) is 0.878. The van der Waals surface area contributed by atoms with Crippen molar-refractivity contribution in [2.24, 2.45) is 5.92 Å². The van der Waals surface area contributed by atoms with E-state index in [-0.39, 0.29) is 24.2 Å². The summed E-state index contributed by atoms with van der Waals surface area (Å²) in [5, 5.41) is 9.30. The molecule has 4 nitrogen and oxygen atoms in total. The van der Waals surface area contributed by atoms with Crippen molar-refractivity contribution in [2.75, 3.05) is 13.6 Å². The molecule has 0 aromatic heterocycles. The monoisotopic (exact) mass is 295 g/mol. The lowest BCUT2D eigenvalue weighted by atomic mass is 10.1. The van der Waals surface area contributed by atoms with Gasteiger partial charge in [-0.25, -0.2) is 0 Å². The summed E-state index contributed by atoms with van der Waals surface area (Å²) in [5.74, 6) is -0.547. The second kappa shape index (κ2) is 6.27. The van der Waals surface area contributed by atoms with Crippen molar-refractivity contribution in [2.45, 2.75) is 25.2 Å². The summed E-state index contributed by atoms with van der Waals surface area (Å²) < 4.78 is 0. The van der Waals surface area contributed by atoms with Gasteiger partial charge in [0.1, 0.15) is 0 Å². The molecule has 1 N–H and O–H groups in total. The summed E-state index contributed by atoms with van der Waals surface area (Å²) in [7, 11) is 1.73. The molecular weight excluding hydrogens is 278 g/mol. The van der Waals surface area contributed by atoms with Crippen molar-refractivity contribution in [3.63, 3.8) is 0 Å².